The van der Waals surface area contributed by atoms with E-state index >= 15 is 0 Å². The van der Waals surface area contributed by atoms with Crippen molar-refractivity contribution in [2.75, 3.05) is 17.2 Å². The molecule has 166 valence electrons. The monoisotopic (exact) mass is 453 g/mol. The summed E-state index contributed by atoms with van der Waals surface area (Å²) in [6, 6.07) is 7.03. The molecule has 0 bridgehead atoms. The van der Waals surface area contributed by atoms with E-state index in [0.29, 0.717) is 29.1 Å². The largest absolute Gasteiger partial charge is 0.405 e. The molecule has 3 aromatic rings. The molecule has 11 heteroatoms. The van der Waals surface area contributed by atoms with Gasteiger partial charge in [-0.3, -0.25) is 0 Å². The maximum absolute atomic E-state index is 12.7. The van der Waals surface area contributed by atoms with Crippen LogP contribution in [0.15, 0.2) is 24.3 Å². The van der Waals surface area contributed by atoms with Gasteiger partial charge in [-0.2, -0.15) is 18.2 Å². The van der Waals surface area contributed by atoms with Crippen molar-refractivity contribution in [1.82, 2.24) is 15.0 Å². The van der Waals surface area contributed by atoms with Crippen molar-refractivity contribution in [3.8, 4) is 10.6 Å². The first kappa shape index (κ1) is 21.7. The Morgan fingerprint density at radius 3 is 2.58 bits per heavy atom. The second-order valence-corrected chi connectivity index (χ2v) is 8.86. The van der Waals surface area contributed by atoms with Gasteiger partial charge >= 0.3 is 6.18 Å². The lowest BCUT2D eigenvalue weighted by atomic mass is 9.98. The minimum atomic E-state index is -4.42. The highest BCUT2D eigenvalue weighted by molar-refractivity contribution is 7.21. The number of hydrogen-bond acceptors (Lipinski definition) is 8. The molecule has 1 aromatic carbocycles. The Morgan fingerprint density at radius 2 is 1.94 bits per heavy atom. The number of aliphatic hydroxyl groups is 2. The molecule has 3 atom stereocenters. The first-order valence-electron chi connectivity index (χ1n) is 9.77. The first-order chi connectivity index (χ1) is 14.5. The number of thiazole rings is 1. The molecule has 7 nitrogen and oxygen atoms in total. The van der Waals surface area contributed by atoms with Crippen molar-refractivity contribution in [3.05, 3.63) is 30.0 Å². The van der Waals surface area contributed by atoms with Crippen LogP contribution in [0.5, 0.6) is 0 Å². The van der Waals surface area contributed by atoms with E-state index in [0.717, 1.165) is 10.2 Å². The summed E-state index contributed by atoms with van der Waals surface area (Å²) >= 11 is 1.42. The molecule has 1 aliphatic carbocycles. The zero-order chi connectivity index (χ0) is 22.4. The summed E-state index contributed by atoms with van der Waals surface area (Å²) in [5.41, 5.74) is 0.370. The minimum Gasteiger partial charge on any atom is -0.390 e. The summed E-state index contributed by atoms with van der Waals surface area (Å²) in [6.07, 6.45) is -4.47. The summed E-state index contributed by atoms with van der Waals surface area (Å²) in [5, 5.41) is 26.7. The molecule has 2 aromatic heterocycles. The van der Waals surface area contributed by atoms with Gasteiger partial charge in [-0.1, -0.05) is 12.1 Å². The quantitative estimate of drug-likeness (QED) is 0.467. The number of nitrogens with one attached hydrogen (secondary N) is 2. The van der Waals surface area contributed by atoms with Gasteiger partial charge in [0.25, 0.3) is 0 Å². The van der Waals surface area contributed by atoms with Crippen molar-refractivity contribution in [2.45, 2.75) is 50.6 Å². The number of aliphatic hydroxyl groups excluding tert-OH is 1. The topological polar surface area (TPSA) is 103 Å². The maximum Gasteiger partial charge on any atom is 0.405 e. The van der Waals surface area contributed by atoms with Gasteiger partial charge < -0.3 is 20.8 Å². The predicted octanol–water partition coefficient (Wildman–Crippen LogP) is 3.72. The molecular weight excluding hydrogens is 431 g/mol. The van der Waals surface area contributed by atoms with E-state index < -0.39 is 30.5 Å². The number of aromatic nitrogens is 3. The summed E-state index contributed by atoms with van der Waals surface area (Å²) in [4.78, 5) is 13.1. The fourth-order valence-corrected chi connectivity index (χ4v) is 4.76. The number of anilines is 2. The number of para-hydroxylation sites is 1. The lowest BCUT2D eigenvalue weighted by Gasteiger charge is -2.30. The fraction of sp³-hybridized carbons (Fsp3) is 0.450. The van der Waals surface area contributed by atoms with Crippen LogP contribution in [0.2, 0.25) is 0 Å². The van der Waals surface area contributed by atoms with Crippen LogP contribution in [0.4, 0.5) is 24.9 Å². The van der Waals surface area contributed by atoms with Gasteiger partial charge in [0.05, 0.1) is 33.6 Å². The number of rotatable bonds is 5. The van der Waals surface area contributed by atoms with Gasteiger partial charge in [0.2, 0.25) is 5.95 Å². The van der Waals surface area contributed by atoms with E-state index in [1.165, 1.54) is 18.3 Å². The smallest absolute Gasteiger partial charge is 0.390 e. The lowest BCUT2D eigenvalue weighted by Crippen LogP contribution is -2.47. The summed E-state index contributed by atoms with van der Waals surface area (Å²) in [5.74, 6) is 0.0796. The highest BCUT2D eigenvalue weighted by atomic mass is 32.1. The van der Waals surface area contributed by atoms with Crippen LogP contribution in [0.3, 0.4) is 0 Å². The maximum atomic E-state index is 12.7. The third kappa shape index (κ3) is 4.43. The number of aryl methyl sites for hydroxylation is 1. The zero-order valence-corrected chi connectivity index (χ0v) is 17.7. The normalized spacial score (nSPS) is 24.0. The van der Waals surface area contributed by atoms with Crippen LogP contribution in [0.25, 0.3) is 20.8 Å². The first-order valence-corrected chi connectivity index (χ1v) is 10.6. The van der Waals surface area contributed by atoms with Crippen molar-refractivity contribution in [1.29, 1.82) is 0 Å². The van der Waals surface area contributed by atoms with Crippen LogP contribution in [0.1, 0.15) is 25.5 Å². The van der Waals surface area contributed by atoms with Gasteiger partial charge in [-0.25, -0.2) is 9.97 Å². The molecule has 0 saturated heterocycles. The molecular formula is C20H22F3N5O2S. The Hall–Kier alpha value is -2.50. The van der Waals surface area contributed by atoms with Crippen molar-refractivity contribution < 1.29 is 23.4 Å². The Labute approximate surface area is 180 Å². The zero-order valence-electron chi connectivity index (χ0n) is 16.9. The number of alkyl halides is 3. The molecule has 1 aliphatic rings. The highest BCUT2D eigenvalue weighted by Gasteiger charge is 2.45. The van der Waals surface area contributed by atoms with Crippen molar-refractivity contribution in [3.63, 3.8) is 0 Å². The van der Waals surface area contributed by atoms with E-state index in [1.807, 2.05) is 24.3 Å². The summed E-state index contributed by atoms with van der Waals surface area (Å²) in [6.45, 7) is 1.93. The minimum absolute atomic E-state index is 0.180. The standard InChI is InChI=1S/C20H22F3N5O2S/c1-10-15(17-26-11-5-3-4-6-12(11)31-17)16(27-13-7-8-14(29)19(13,2)30)28-18(25-10)24-9-20(21,22)23/h3-6,13-14,29-30H,7-9H2,1-2H3,(H2,24,25,27,28)/t13?,14-,19+/m1/s1. The van der Waals surface area contributed by atoms with Gasteiger partial charge in [0, 0.05) is 0 Å². The molecule has 0 radical (unpaired) electrons. The molecule has 1 saturated carbocycles. The molecule has 4 rings (SSSR count). The van der Waals surface area contributed by atoms with E-state index in [1.54, 1.807) is 6.92 Å². The Kier molecular flexibility index (Phi) is 5.52. The summed E-state index contributed by atoms with van der Waals surface area (Å²) in [7, 11) is 0. The van der Waals surface area contributed by atoms with Gasteiger partial charge in [0.1, 0.15) is 23.0 Å². The number of benzene rings is 1. The van der Waals surface area contributed by atoms with Gasteiger partial charge in [-0.15, -0.1) is 11.3 Å². The average Bonchev–Trinajstić information content (AvgIpc) is 3.21. The van der Waals surface area contributed by atoms with E-state index in [9.17, 15) is 23.4 Å². The van der Waals surface area contributed by atoms with E-state index in [2.05, 4.69) is 25.6 Å². The SMILES string of the molecule is Cc1nc(NCC(F)(F)F)nc(NC2CC[C@@H](O)[C@@]2(C)O)c1-c1nc2ccccc2s1. The number of hydrogen-bond donors (Lipinski definition) is 4. The second kappa shape index (κ2) is 7.88. The number of nitrogens with zero attached hydrogens (tertiary/aromatic N) is 3. The molecule has 31 heavy (non-hydrogen) atoms. The van der Waals surface area contributed by atoms with Crippen LogP contribution >= 0.6 is 11.3 Å². The van der Waals surface area contributed by atoms with Crippen LogP contribution in [0, 0.1) is 6.92 Å². The molecule has 1 unspecified atom stereocenters. The molecule has 0 spiro atoms. The van der Waals surface area contributed by atoms with Gasteiger partial charge in [0.15, 0.2) is 0 Å². The fourth-order valence-electron chi connectivity index (χ4n) is 3.70. The van der Waals surface area contributed by atoms with E-state index in [4.69, 9.17) is 0 Å². The van der Waals surface area contributed by atoms with Crippen LogP contribution in [-0.4, -0.2) is 55.6 Å². The lowest BCUT2D eigenvalue weighted by molar-refractivity contribution is -0.115. The molecule has 1 fully saturated rings. The van der Waals surface area contributed by atoms with Crippen molar-refractivity contribution in [2.24, 2.45) is 0 Å². The third-order valence-electron chi connectivity index (χ3n) is 5.46. The predicted molar refractivity (Wildman–Crippen MR) is 113 cm³/mol. The highest BCUT2D eigenvalue weighted by Crippen LogP contribution is 2.39. The third-order valence-corrected chi connectivity index (χ3v) is 6.52. The molecule has 2 heterocycles. The Morgan fingerprint density at radius 1 is 1.19 bits per heavy atom. The molecule has 4 N–H and O–H groups in total. The molecule has 0 aliphatic heterocycles. The summed E-state index contributed by atoms with van der Waals surface area (Å²) < 4.78 is 39.0. The van der Waals surface area contributed by atoms with Crippen molar-refractivity contribution >= 4 is 33.3 Å². The Balaban J connectivity index is 1.77. The van der Waals surface area contributed by atoms with Crippen LogP contribution in [-0.2, 0) is 0 Å². The number of fused-ring (bicyclic) bond motifs is 1. The molecule has 0 amide bonds. The Bertz CT molecular complexity index is 1070. The van der Waals surface area contributed by atoms with E-state index in [-0.39, 0.29) is 11.8 Å². The van der Waals surface area contributed by atoms with Crippen LogP contribution < -0.4 is 10.6 Å². The average molecular weight is 453 g/mol. The van der Waals surface area contributed by atoms with Gasteiger partial charge in [-0.05, 0) is 38.8 Å². The number of halogens is 3. The second-order valence-electron chi connectivity index (χ2n) is 7.83.